The number of hydrogen-bond acceptors (Lipinski definition) is 8. The number of fused-ring (bicyclic) bond motifs is 1. The molecular weight excluding hydrogens is 428 g/mol. The van der Waals surface area contributed by atoms with Gasteiger partial charge in [-0.3, -0.25) is 0 Å². The number of halogens is 1. The number of hydrazone groups is 1. The summed E-state index contributed by atoms with van der Waals surface area (Å²) in [6.45, 7) is 2.69. The molecule has 1 aliphatic heterocycles. The molecule has 0 atom stereocenters. The molecule has 3 heterocycles. The van der Waals surface area contributed by atoms with E-state index in [1.807, 2.05) is 42.6 Å². The van der Waals surface area contributed by atoms with Gasteiger partial charge in [0.25, 0.3) is 0 Å². The van der Waals surface area contributed by atoms with Gasteiger partial charge in [-0.1, -0.05) is 29.8 Å². The first-order valence-corrected chi connectivity index (χ1v) is 10.6. The van der Waals surface area contributed by atoms with Crippen molar-refractivity contribution in [2.75, 3.05) is 41.9 Å². The highest BCUT2D eigenvalue weighted by Crippen LogP contribution is 2.20. The van der Waals surface area contributed by atoms with Crippen LogP contribution in [0.4, 0.5) is 23.5 Å². The summed E-state index contributed by atoms with van der Waals surface area (Å²) in [4.78, 5) is 18.9. The largest absolute Gasteiger partial charge is 0.378 e. The second kappa shape index (κ2) is 9.21. The number of ether oxygens (including phenoxy) is 1. The number of hydrogen-bond donors (Lipinski definition) is 3. The zero-order valence-corrected chi connectivity index (χ0v) is 17.9. The Balaban J connectivity index is 1.40. The maximum absolute atomic E-state index is 5.99. The van der Waals surface area contributed by atoms with E-state index < -0.39 is 0 Å². The third-order valence-corrected chi connectivity index (χ3v) is 5.26. The van der Waals surface area contributed by atoms with Crippen LogP contribution in [0.5, 0.6) is 0 Å². The van der Waals surface area contributed by atoms with E-state index in [1.165, 1.54) is 0 Å². The standard InChI is InChI=1S/C22H21ClN8O/c23-16-5-7-17(8-6-16)26-20-27-21(29-22(28-20)31-9-11-32-12-10-31)30-25-14-15-13-24-19-4-2-1-3-18(15)19/h1-8,13-14,24H,9-12H2,(H2,26,27,28,29,30)/b25-14+. The molecule has 32 heavy (non-hydrogen) atoms. The molecule has 2 aromatic carbocycles. The Morgan fingerprint density at radius 3 is 2.62 bits per heavy atom. The molecule has 3 N–H and O–H groups in total. The lowest BCUT2D eigenvalue weighted by atomic mass is 10.2. The fourth-order valence-corrected chi connectivity index (χ4v) is 3.52. The second-order valence-corrected chi connectivity index (χ2v) is 7.61. The number of nitrogens with zero attached hydrogens (tertiary/aromatic N) is 5. The normalized spacial score (nSPS) is 14.2. The molecule has 0 unspecified atom stereocenters. The van der Waals surface area contributed by atoms with Crippen LogP contribution in [-0.4, -0.2) is 52.5 Å². The smallest absolute Gasteiger partial charge is 0.250 e. The van der Waals surface area contributed by atoms with Gasteiger partial charge in [0.2, 0.25) is 17.8 Å². The van der Waals surface area contributed by atoms with E-state index >= 15 is 0 Å². The molecule has 5 rings (SSSR count). The SMILES string of the molecule is Clc1ccc(Nc2nc(N/N=C/c3c[nH]c4ccccc34)nc(N3CCOCC3)n2)cc1. The van der Waals surface area contributed by atoms with Crippen molar-refractivity contribution < 1.29 is 4.74 Å². The summed E-state index contributed by atoms with van der Waals surface area (Å²) in [6, 6.07) is 15.4. The molecule has 1 fully saturated rings. The minimum atomic E-state index is 0.342. The average molecular weight is 449 g/mol. The van der Waals surface area contributed by atoms with E-state index in [0.29, 0.717) is 49.2 Å². The number of aromatic amines is 1. The topological polar surface area (TPSA) is 103 Å². The second-order valence-electron chi connectivity index (χ2n) is 7.17. The molecule has 0 amide bonds. The highest BCUT2D eigenvalue weighted by molar-refractivity contribution is 6.30. The van der Waals surface area contributed by atoms with Gasteiger partial charge in [0.05, 0.1) is 19.4 Å². The molecule has 162 valence electrons. The highest BCUT2D eigenvalue weighted by atomic mass is 35.5. The Bertz CT molecular complexity index is 1230. The van der Waals surface area contributed by atoms with Crippen LogP contribution in [0, 0.1) is 0 Å². The molecule has 2 aromatic heterocycles. The van der Waals surface area contributed by atoms with Crippen LogP contribution in [0.15, 0.2) is 59.8 Å². The van der Waals surface area contributed by atoms with Gasteiger partial charge in [-0.15, -0.1) is 0 Å². The first-order valence-electron chi connectivity index (χ1n) is 10.2. The Morgan fingerprint density at radius 1 is 1.00 bits per heavy atom. The minimum Gasteiger partial charge on any atom is -0.378 e. The lowest BCUT2D eigenvalue weighted by Gasteiger charge is -2.27. The van der Waals surface area contributed by atoms with Crippen LogP contribution in [0.3, 0.4) is 0 Å². The lowest BCUT2D eigenvalue weighted by Crippen LogP contribution is -2.37. The van der Waals surface area contributed by atoms with Gasteiger partial charge < -0.3 is 19.9 Å². The quantitative estimate of drug-likeness (QED) is 0.302. The fraction of sp³-hybridized carbons (Fsp3) is 0.182. The predicted octanol–water partition coefficient (Wildman–Crippen LogP) is 4.03. The molecule has 0 saturated carbocycles. The summed E-state index contributed by atoms with van der Waals surface area (Å²) in [7, 11) is 0. The van der Waals surface area contributed by atoms with Gasteiger partial charge in [-0.2, -0.15) is 20.1 Å². The van der Waals surface area contributed by atoms with Crippen molar-refractivity contribution in [1.82, 2.24) is 19.9 Å². The zero-order chi connectivity index (χ0) is 21.8. The lowest BCUT2D eigenvalue weighted by molar-refractivity contribution is 0.122. The Labute approximate surface area is 189 Å². The number of aromatic nitrogens is 4. The van der Waals surface area contributed by atoms with Crippen molar-refractivity contribution in [1.29, 1.82) is 0 Å². The van der Waals surface area contributed by atoms with Crippen molar-refractivity contribution in [2.24, 2.45) is 5.10 Å². The summed E-state index contributed by atoms with van der Waals surface area (Å²) in [5, 5.41) is 9.30. The van der Waals surface area contributed by atoms with Crippen molar-refractivity contribution in [3.63, 3.8) is 0 Å². The molecule has 0 spiro atoms. The van der Waals surface area contributed by atoms with Crippen molar-refractivity contribution in [2.45, 2.75) is 0 Å². The fourth-order valence-electron chi connectivity index (χ4n) is 3.40. The van der Waals surface area contributed by atoms with Crippen molar-refractivity contribution in [3.8, 4) is 0 Å². The summed E-state index contributed by atoms with van der Waals surface area (Å²) < 4.78 is 5.45. The molecule has 9 nitrogen and oxygen atoms in total. The number of benzene rings is 2. The van der Waals surface area contributed by atoms with E-state index in [9.17, 15) is 0 Å². The third kappa shape index (κ3) is 4.63. The van der Waals surface area contributed by atoms with Crippen LogP contribution in [-0.2, 0) is 4.74 Å². The van der Waals surface area contributed by atoms with Crippen molar-refractivity contribution in [3.05, 3.63) is 65.3 Å². The number of anilines is 4. The van der Waals surface area contributed by atoms with E-state index in [0.717, 1.165) is 22.2 Å². The summed E-state index contributed by atoms with van der Waals surface area (Å²) in [5.74, 6) is 1.31. The summed E-state index contributed by atoms with van der Waals surface area (Å²) >= 11 is 5.99. The molecule has 10 heteroatoms. The molecule has 0 bridgehead atoms. The molecule has 1 aliphatic rings. The number of nitrogens with one attached hydrogen (secondary N) is 3. The predicted molar refractivity (Wildman–Crippen MR) is 127 cm³/mol. The monoisotopic (exact) mass is 448 g/mol. The average Bonchev–Trinajstić information content (AvgIpc) is 3.24. The van der Waals surface area contributed by atoms with Crippen molar-refractivity contribution >= 4 is 52.3 Å². The molecule has 0 radical (unpaired) electrons. The van der Waals surface area contributed by atoms with Gasteiger partial charge in [0.1, 0.15) is 0 Å². The molecular formula is C22H21ClN8O. The van der Waals surface area contributed by atoms with Crippen LogP contribution >= 0.6 is 11.6 Å². The zero-order valence-electron chi connectivity index (χ0n) is 17.1. The van der Waals surface area contributed by atoms with Gasteiger partial charge in [0, 0.05) is 46.5 Å². The first kappa shape index (κ1) is 20.2. The molecule has 1 saturated heterocycles. The number of rotatable bonds is 6. The van der Waals surface area contributed by atoms with E-state index in [2.05, 4.69) is 40.7 Å². The summed E-state index contributed by atoms with van der Waals surface area (Å²) in [6.07, 6.45) is 3.65. The maximum atomic E-state index is 5.99. The first-order chi connectivity index (χ1) is 15.7. The van der Waals surface area contributed by atoms with Gasteiger partial charge in [-0.05, 0) is 30.3 Å². The molecule has 4 aromatic rings. The van der Waals surface area contributed by atoms with Gasteiger partial charge in [-0.25, -0.2) is 5.43 Å². The summed E-state index contributed by atoms with van der Waals surface area (Å²) in [5.41, 5.74) is 5.78. The molecule has 0 aliphatic carbocycles. The van der Waals surface area contributed by atoms with E-state index in [4.69, 9.17) is 16.3 Å². The maximum Gasteiger partial charge on any atom is 0.250 e. The Kier molecular flexibility index (Phi) is 5.82. The highest BCUT2D eigenvalue weighted by Gasteiger charge is 2.16. The Morgan fingerprint density at radius 2 is 1.78 bits per heavy atom. The van der Waals surface area contributed by atoms with E-state index in [-0.39, 0.29) is 0 Å². The van der Waals surface area contributed by atoms with Gasteiger partial charge in [0.15, 0.2) is 0 Å². The number of morpholine rings is 1. The van der Waals surface area contributed by atoms with Crippen LogP contribution in [0.2, 0.25) is 5.02 Å². The minimum absolute atomic E-state index is 0.342. The van der Waals surface area contributed by atoms with Crippen LogP contribution < -0.4 is 15.6 Å². The number of para-hydroxylation sites is 1. The van der Waals surface area contributed by atoms with Crippen LogP contribution in [0.25, 0.3) is 10.9 Å². The van der Waals surface area contributed by atoms with Gasteiger partial charge >= 0.3 is 0 Å². The Hall–Kier alpha value is -3.69. The number of H-pyrrole nitrogens is 1. The van der Waals surface area contributed by atoms with E-state index in [1.54, 1.807) is 18.3 Å². The third-order valence-electron chi connectivity index (χ3n) is 5.01. The van der Waals surface area contributed by atoms with Crippen LogP contribution in [0.1, 0.15) is 5.56 Å².